The maximum absolute atomic E-state index is 12.6. The van der Waals surface area contributed by atoms with Crippen LogP contribution in [0.5, 0.6) is 5.75 Å². The molecule has 0 bridgehead atoms. The maximum atomic E-state index is 12.6. The Balaban J connectivity index is 1.90. The topological polar surface area (TPSA) is 129 Å². The van der Waals surface area contributed by atoms with E-state index in [1.165, 1.54) is 42.7 Å². The van der Waals surface area contributed by atoms with E-state index in [4.69, 9.17) is 4.74 Å². The number of nitro benzene ring substituents is 1. The molecule has 8 nitrogen and oxygen atoms in total. The number of aryl methyl sites for hydroxylation is 1. The van der Waals surface area contributed by atoms with Gasteiger partial charge < -0.3 is 10.1 Å². The predicted octanol–water partition coefficient (Wildman–Crippen LogP) is 3.96. The molecule has 0 saturated carbocycles. The fourth-order valence-electron chi connectivity index (χ4n) is 3.20. The number of fused-ring (bicyclic) bond motifs is 1. The number of methoxy groups -OCH3 is 1. The van der Waals surface area contributed by atoms with Crippen molar-refractivity contribution < 1.29 is 14.5 Å². The Morgan fingerprint density at radius 1 is 1.34 bits per heavy atom. The van der Waals surface area contributed by atoms with Gasteiger partial charge in [0.2, 0.25) is 0 Å². The number of nitro groups is 1. The highest BCUT2D eigenvalue weighted by atomic mass is 32.1. The van der Waals surface area contributed by atoms with Crippen LogP contribution in [0.25, 0.3) is 6.08 Å². The molecule has 0 atom stereocenters. The van der Waals surface area contributed by atoms with Gasteiger partial charge >= 0.3 is 5.69 Å². The summed E-state index contributed by atoms with van der Waals surface area (Å²) < 4.78 is 4.95. The first-order chi connectivity index (χ1) is 14.0. The number of hydrogen-bond donors (Lipinski definition) is 1. The van der Waals surface area contributed by atoms with E-state index in [-0.39, 0.29) is 17.0 Å². The van der Waals surface area contributed by atoms with Crippen molar-refractivity contribution in [3.05, 3.63) is 55.5 Å². The maximum Gasteiger partial charge on any atom is 0.311 e. The number of amides is 1. The van der Waals surface area contributed by atoms with Crippen molar-refractivity contribution in [3.8, 4) is 17.9 Å². The van der Waals surface area contributed by atoms with Gasteiger partial charge in [0.05, 0.1) is 17.6 Å². The summed E-state index contributed by atoms with van der Waals surface area (Å²) in [6, 6.07) is 8.12. The molecular weight excluding hydrogens is 392 g/mol. The Bertz CT molecular complexity index is 1100. The largest absolute Gasteiger partial charge is 0.490 e. The lowest BCUT2D eigenvalue weighted by Crippen LogP contribution is -2.13. The summed E-state index contributed by atoms with van der Waals surface area (Å²) in [4.78, 5) is 24.3. The van der Waals surface area contributed by atoms with Gasteiger partial charge in [0, 0.05) is 10.9 Å². The van der Waals surface area contributed by atoms with Crippen LogP contribution in [0.1, 0.15) is 34.4 Å². The van der Waals surface area contributed by atoms with E-state index in [1.807, 2.05) is 6.07 Å². The smallest absolute Gasteiger partial charge is 0.311 e. The Kier molecular flexibility index (Phi) is 5.91. The molecule has 1 heterocycles. The highest BCUT2D eigenvalue weighted by Crippen LogP contribution is 2.37. The third-order valence-corrected chi connectivity index (χ3v) is 5.79. The summed E-state index contributed by atoms with van der Waals surface area (Å²) in [6.07, 6.45) is 5.00. The van der Waals surface area contributed by atoms with E-state index < -0.39 is 10.8 Å². The van der Waals surface area contributed by atoms with Crippen molar-refractivity contribution in [1.29, 1.82) is 10.5 Å². The lowest BCUT2D eigenvalue weighted by Gasteiger charge is -2.09. The number of ether oxygens (including phenoxy) is 1. The van der Waals surface area contributed by atoms with Gasteiger partial charge in [-0.2, -0.15) is 10.5 Å². The molecule has 146 valence electrons. The first-order valence-electron chi connectivity index (χ1n) is 8.78. The number of benzene rings is 1. The fourth-order valence-corrected chi connectivity index (χ4v) is 4.43. The van der Waals surface area contributed by atoms with Crippen LogP contribution in [0.3, 0.4) is 0 Å². The first-order valence-corrected chi connectivity index (χ1v) is 9.60. The van der Waals surface area contributed by atoms with Crippen LogP contribution < -0.4 is 10.1 Å². The number of nitrogens with zero attached hydrogens (tertiary/aromatic N) is 3. The molecule has 0 fully saturated rings. The van der Waals surface area contributed by atoms with Crippen LogP contribution >= 0.6 is 11.3 Å². The van der Waals surface area contributed by atoms with Crippen molar-refractivity contribution in [2.45, 2.75) is 25.7 Å². The minimum absolute atomic E-state index is 0.0814. The van der Waals surface area contributed by atoms with Crippen molar-refractivity contribution in [2.24, 2.45) is 0 Å². The zero-order chi connectivity index (χ0) is 21.0. The average molecular weight is 408 g/mol. The van der Waals surface area contributed by atoms with E-state index in [0.717, 1.165) is 36.1 Å². The van der Waals surface area contributed by atoms with Crippen LogP contribution in [0, 0.1) is 32.8 Å². The van der Waals surface area contributed by atoms with Crippen molar-refractivity contribution in [3.63, 3.8) is 0 Å². The highest BCUT2D eigenvalue weighted by molar-refractivity contribution is 7.16. The lowest BCUT2D eigenvalue weighted by molar-refractivity contribution is -0.385. The summed E-state index contributed by atoms with van der Waals surface area (Å²) in [5.74, 6) is -0.584. The summed E-state index contributed by atoms with van der Waals surface area (Å²) in [7, 11) is 1.32. The number of carbonyl (C=O) groups excluding carboxylic acids is 1. The fraction of sp³-hybridized carbons (Fsp3) is 0.250. The number of rotatable bonds is 5. The Morgan fingerprint density at radius 2 is 2.10 bits per heavy atom. The molecule has 0 spiro atoms. The third-order valence-electron chi connectivity index (χ3n) is 4.59. The van der Waals surface area contributed by atoms with Crippen LogP contribution in [0.2, 0.25) is 0 Å². The molecule has 1 aromatic carbocycles. The molecule has 1 aromatic heterocycles. The summed E-state index contributed by atoms with van der Waals surface area (Å²) in [5.41, 5.74) is 1.26. The van der Waals surface area contributed by atoms with Crippen LogP contribution in [0.15, 0.2) is 23.8 Å². The van der Waals surface area contributed by atoms with Gasteiger partial charge in [0.1, 0.15) is 22.7 Å². The van der Waals surface area contributed by atoms with Gasteiger partial charge in [-0.25, -0.2) is 0 Å². The summed E-state index contributed by atoms with van der Waals surface area (Å²) in [6.45, 7) is 0. The molecule has 9 heteroatoms. The molecule has 1 aliphatic rings. The van der Waals surface area contributed by atoms with E-state index >= 15 is 0 Å². The van der Waals surface area contributed by atoms with Crippen LogP contribution in [-0.4, -0.2) is 17.9 Å². The van der Waals surface area contributed by atoms with E-state index in [9.17, 15) is 25.4 Å². The minimum Gasteiger partial charge on any atom is -0.490 e. The number of thiophene rings is 1. The van der Waals surface area contributed by atoms with Crippen molar-refractivity contribution in [2.75, 3.05) is 12.4 Å². The van der Waals surface area contributed by atoms with E-state index in [1.54, 1.807) is 0 Å². The molecule has 2 aromatic rings. The molecule has 1 aliphatic carbocycles. The van der Waals surface area contributed by atoms with Gasteiger partial charge in [-0.3, -0.25) is 14.9 Å². The second-order valence-corrected chi connectivity index (χ2v) is 7.44. The number of hydrogen-bond acceptors (Lipinski definition) is 7. The second kappa shape index (κ2) is 8.55. The molecule has 0 saturated heterocycles. The van der Waals surface area contributed by atoms with Gasteiger partial charge in [-0.15, -0.1) is 11.3 Å². The molecule has 0 radical (unpaired) electrons. The minimum atomic E-state index is -0.666. The van der Waals surface area contributed by atoms with E-state index in [2.05, 4.69) is 11.4 Å². The molecule has 1 N–H and O–H groups in total. The number of nitriles is 2. The van der Waals surface area contributed by atoms with Crippen LogP contribution in [0.4, 0.5) is 10.7 Å². The lowest BCUT2D eigenvalue weighted by atomic mass is 9.96. The zero-order valence-electron chi connectivity index (χ0n) is 15.5. The van der Waals surface area contributed by atoms with Gasteiger partial charge in [-0.05, 0) is 49.0 Å². The Hall–Kier alpha value is -3.69. The SMILES string of the molecule is COc1ccc(/C=C(\C#N)C(=O)Nc2sc3c(c2C#N)CCCC3)cc1[N+](=O)[O-]. The summed E-state index contributed by atoms with van der Waals surface area (Å²) in [5, 5.41) is 33.1. The number of anilines is 1. The van der Waals surface area contributed by atoms with Gasteiger partial charge in [0.25, 0.3) is 5.91 Å². The highest BCUT2D eigenvalue weighted by Gasteiger charge is 2.23. The Morgan fingerprint density at radius 3 is 2.76 bits per heavy atom. The van der Waals surface area contributed by atoms with E-state index in [0.29, 0.717) is 16.1 Å². The first kappa shape index (κ1) is 20.1. The van der Waals surface area contributed by atoms with Gasteiger partial charge in [-0.1, -0.05) is 6.07 Å². The standard InChI is InChI=1S/C20H16N4O4S/c1-28-17-7-6-12(9-16(17)24(26)27)8-13(10-21)19(25)23-20-15(11-22)14-4-2-3-5-18(14)29-20/h6-9H,2-5H2,1H3,(H,23,25)/b13-8+. The van der Waals surface area contributed by atoms with Gasteiger partial charge in [0.15, 0.2) is 5.75 Å². The van der Waals surface area contributed by atoms with Crippen LogP contribution in [-0.2, 0) is 17.6 Å². The normalized spacial score (nSPS) is 13.0. The predicted molar refractivity (Wildman–Crippen MR) is 108 cm³/mol. The summed E-state index contributed by atoms with van der Waals surface area (Å²) >= 11 is 1.36. The average Bonchev–Trinajstić information content (AvgIpc) is 3.08. The second-order valence-electron chi connectivity index (χ2n) is 6.34. The molecule has 3 rings (SSSR count). The molecular formula is C20H16N4O4S. The molecule has 29 heavy (non-hydrogen) atoms. The van der Waals surface area contributed by atoms with Crippen molar-refractivity contribution >= 4 is 34.0 Å². The Labute approximate surface area is 170 Å². The molecule has 1 amide bonds. The molecule has 0 unspecified atom stereocenters. The zero-order valence-corrected chi connectivity index (χ0v) is 16.3. The monoisotopic (exact) mass is 408 g/mol. The number of nitrogens with one attached hydrogen (secondary N) is 1. The molecule has 0 aliphatic heterocycles. The third kappa shape index (κ3) is 4.10. The number of carbonyl (C=O) groups is 1. The quantitative estimate of drug-likeness (QED) is 0.345. The van der Waals surface area contributed by atoms with Crippen molar-refractivity contribution in [1.82, 2.24) is 0 Å².